The molecule has 164 valence electrons. The molecule has 0 aliphatic carbocycles. The Morgan fingerprint density at radius 2 is 1.71 bits per heavy atom. The molecule has 0 radical (unpaired) electrons. The predicted molar refractivity (Wildman–Crippen MR) is 125 cm³/mol. The van der Waals surface area contributed by atoms with Gasteiger partial charge in [0.25, 0.3) is 5.91 Å². The standard InChI is InChI=1S/C24H28N2O4S/c1-5-28-20-14-16(15-21-22(27)26-23(25)31-21)6-11-19(20)30-13-12-29-18-9-7-17(8-10-18)24(2,3)4/h6-11,14-15H,5,12-13H2,1-4H3,(H2,25,26,27). The fourth-order valence-electron chi connectivity index (χ4n) is 2.96. The van der Waals surface area contributed by atoms with Crippen LogP contribution in [-0.2, 0) is 10.2 Å². The molecule has 1 aliphatic rings. The molecule has 0 spiro atoms. The number of amides is 1. The number of benzene rings is 2. The van der Waals surface area contributed by atoms with Gasteiger partial charge in [-0.1, -0.05) is 39.0 Å². The normalized spacial score (nSPS) is 15.2. The molecule has 6 nitrogen and oxygen atoms in total. The molecule has 0 bridgehead atoms. The molecule has 7 heteroatoms. The van der Waals surface area contributed by atoms with Crippen molar-refractivity contribution in [3.05, 3.63) is 58.5 Å². The minimum atomic E-state index is -0.263. The zero-order valence-corrected chi connectivity index (χ0v) is 19.1. The number of thioether (sulfide) groups is 1. The molecule has 0 unspecified atom stereocenters. The van der Waals surface area contributed by atoms with E-state index in [0.717, 1.165) is 23.1 Å². The summed E-state index contributed by atoms with van der Waals surface area (Å²) in [7, 11) is 0. The first kappa shape index (κ1) is 22.7. The molecule has 2 aromatic carbocycles. The van der Waals surface area contributed by atoms with Crippen molar-refractivity contribution in [3.63, 3.8) is 0 Å². The first-order valence-corrected chi connectivity index (χ1v) is 11.0. The highest BCUT2D eigenvalue weighted by molar-refractivity contribution is 8.18. The fourth-order valence-corrected chi connectivity index (χ4v) is 3.66. The molecule has 1 fully saturated rings. The van der Waals surface area contributed by atoms with E-state index in [1.165, 1.54) is 5.56 Å². The van der Waals surface area contributed by atoms with Crippen molar-refractivity contribution in [2.45, 2.75) is 33.1 Å². The van der Waals surface area contributed by atoms with Gasteiger partial charge in [0, 0.05) is 0 Å². The SMILES string of the molecule is CCOc1cc(C=C2SC(=N)NC2=O)ccc1OCCOc1ccc(C(C)(C)C)cc1. The predicted octanol–water partition coefficient (Wildman–Crippen LogP) is 4.98. The average Bonchev–Trinajstić information content (AvgIpc) is 3.03. The second kappa shape index (κ2) is 9.92. The van der Waals surface area contributed by atoms with Crippen molar-refractivity contribution in [1.29, 1.82) is 5.41 Å². The van der Waals surface area contributed by atoms with Crippen molar-refractivity contribution in [1.82, 2.24) is 5.32 Å². The summed E-state index contributed by atoms with van der Waals surface area (Å²) in [6.45, 7) is 9.72. The number of amidine groups is 1. The summed E-state index contributed by atoms with van der Waals surface area (Å²) in [6, 6.07) is 13.6. The Balaban J connectivity index is 1.59. The number of ether oxygens (including phenoxy) is 3. The minimum Gasteiger partial charge on any atom is -0.490 e. The molecule has 2 N–H and O–H groups in total. The molecular weight excluding hydrogens is 412 g/mol. The lowest BCUT2D eigenvalue weighted by atomic mass is 9.87. The lowest BCUT2D eigenvalue weighted by Gasteiger charge is -2.19. The number of hydrogen-bond donors (Lipinski definition) is 2. The molecule has 1 aliphatic heterocycles. The molecule has 31 heavy (non-hydrogen) atoms. The number of carbonyl (C=O) groups is 1. The second-order valence-electron chi connectivity index (χ2n) is 8.00. The molecule has 3 rings (SSSR count). The van der Waals surface area contributed by atoms with Gasteiger partial charge < -0.3 is 19.5 Å². The Bertz CT molecular complexity index is 978. The summed E-state index contributed by atoms with van der Waals surface area (Å²) in [5, 5.41) is 10.1. The van der Waals surface area contributed by atoms with Gasteiger partial charge in [-0.05, 0) is 65.6 Å². The van der Waals surface area contributed by atoms with Crippen LogP contribution in [0.4, 0.5) is 0 Å². The maximum absolute atomic E-state index is 11.8. The van der Waals surface area contributed by atoms with Gasteiger partial charge in [0.2, 0.25) is 0 Å². The summed E-state index contributed by atoms with van der Waals surface area (Å²) < 4.78 is 17.4. The Morgan fingerprint density at radius 3 is 2.32 bits per heavy atom. The molecule has 0 aromatic heterocycles. The van der Waals surface area contributed by atoms with Gasteiger partial charge in [-0.25, -0.2) is 0 Å². The highest BCUT2D eigenvalue weighted by Gasteiger charge is 2.22. The highest BCUT2D eigenvalue weighted by atomic mass is 32.2. The maximum Gasteiger partial charge on any atom is 0.264 e. The van der Waals surface area contributed by atoms with Crippen molar-refractivity contribution < 1.29 is 19.0 Å². The Kier molecular flexibility index (Phi) is 7.28. The zero-order valence-electron chi connectivity index (χ0n) is 18.3. The van der Waals surface area contributed by atoms with Gasteiger partial charge in [-0.3, -0.25) is 10.2 Å². The van der Waals surface area contributed by atoms with Crippen LogP contribution in [0.1, 0.15) is 38.8 Å². The summed E-state index contributed by atoms with van der Waals surface area (Å²) in [4.78, 5) is 12.3. The van der Waals surface area contributed by atoms with E-state index in [1.807, 2.05) is 37.3 Å². The summed E-state index contributed by atoms with van der Waals surface area (Å²) in [6.07, 6.45) is 1.73. The van der Waals surface area contributed by atoms with Crippen molar-refractivity contribution in [2.24, 2.45) is 0 Å². The zero-order chi connectivity index (χ0) is 22.4. The minimum absolute atomic E-state index is 0.113. The Hall–Kier alpha value is -2.93. The van der Waals surface area contributed by atoms with E-state index < -0.39 is 0 Å². The van der Waals surface area contributed by atoms with Crippen LogP contribution in [-0.4, -0.2) is 30.9 Å². The molecule has 2 aromatic rings. The third-order valence-corrected chi connectivity index (χ3v) is 5.39. The van der Waals surface area contributed by atoms with E-state index in [2.05, 4.69) is 38.2 Å². The number of carbonyl (C=O) groups excluding carboxylic acids is 1. The molecule has 1 heterocycles. The van der Waals surface area contributed by atoms with Crippen LogP contribution < -0.4 is 19.5 Å². The third-order valence-electron chi connectivity index (χ3n) is 4.56. The second-order valence-corrected chi connectivity index (χ2v) is 9.06. The van der Waals surface area contributed by atoms with Crippen molar-refractivity contribution in [2.75, 3.05) is 19.8 Å². The summed E-state index contributed by atoms with van der Waals surface area (Å²) in [5.41, 5.74) is 2.18. The van der Waals surface area contributed by atoms with Gasteiger partial charge in [-0.2, -0.15) is 0 Å². The molecule has 0 atom stereocenters. The van der Waals surface area contributed by atoms with Gasteiger partial charge >= 0.3 is 0 Å². The number of nitrogens with one attached hydrogen (secondary N) is 2. The van der Waals surface area contributed by atoms with E-state index in [4.69, 9.17) is 19.6 Å². The topological polar surface area (TPSA) is 80.6 Å². The fraction of sp³-hybridized carbons (Fsp3) is 0.333. The van der Waals surface area contributed by atoms with Crippen LogP contribution in [0.2, 0.25) is 0 Å². The molecule has 1 saturated heterocycles. The van der Waals surface area contributed by atoms with Crippen LogP contribution in [0.5, 0.6) is 17.2 Å². The van der Waals surface area contributed by atoms with Crippen LogP contribution in [0.3, 0.4) is 0 Å². The van der Waals surface area contributed by atoms with Gasteiger partial charge in [0.15, 0.2) is 16.7 Å². The van der Waals surface area contributed by atoms with Crippen LogP contribution in [0.25, 0.3) is 6.08 Å². The quantitative estimate of drug-likeness (QED) is 0.447. The lowest BCUT2D eigenvalue weighted by Crippen LogP contribution is -2.18. The summed E-state index contributed by atoms with van der Waals surface area (Å²) >= 11 is 1.10. The highest BCUT2D eigenvalue weighted by Crippen LogP contribution is 2.31. The van der Waals surface area contributed by atoms with Gasteiger partial charge in [-0.15, -0.1) is 0 Å². The maximum atomic E-state index is 11.8. The smallest absolute Gasteiger partial charge is 0.264 e. The van der Waals surface area contributed by atoms with E-state index >= 15 is 0 Å². The molecule has 0 saturated carbocycles. The van der Waals surface area contributed by atoms with Crippen LogP contribution in [0.15, 0.2) is 47.4 Å². The van der Waals surface area contributed by atoms with Crippen LogP contribution in [0, 0.1) is 5.41 Å². The average molecular weight is 441 g/mol. The third kappa shape index (κ3) is 6.28. The lowest BCUT2D eigenvalue weighted by molar-refractivity contribution is -0.115. The van der Waals surface area contributed by atoms with Gasteiger partial charge in [0.1, 0.15) is 19.0 Å². The van der Waals surface area contributed by atoms with Gasteiger partial charge in [0.05, 0.1) is 11.5 Å². The van der Waals surface area contributed by atoms with E-state index in [9.17, 15) is 4.79 Å². The van der Waals surface area contributed by atoms with E-state index in [1.54, 1.807) is 6.08 Å². The van der Waals surface area contributed by atoms with Crippen molar-refractivity contribution in [3.8, 4) is 17.2 Å². The first-order chi connectivity index (χ1) is 14.8. The Labute approximate surface area is 187 Å². The number of rotatable bonds is 8. The van der Waals surface area contributed by atoms with E-state index in [-0.39, 0.29) is 16.5 Å². The monoisotopic (exact) mass is 440 g/mol. The van der Waals surface area contributed by atoms with Crippen LogP contribution >= 0.6 is 11.8 Å². The summed E-state index contributed by atoms with van der Waals surface area (Å²) in [5.74, 6) is 1.76. The largest absolute Gasteiger partial charge is 0.490 e. The molecule has 1 amide bonds. The number of hydrogen-bond acceptors (Lipinski definition) is 6. The molecular formula is C24H28N2O4S. The Morgan fingerprint density at radius 1 is 1.00 bits per heavy atom. The van der Waals surface area contributed by atoms with E-state index in [0.29, 0.717) is 36.2 Å². The van der Waals surface area contributed by atoms with Crippen molar-refractivity contribution >= 4 is 28.9 Å². The first-order valence-electron chi connectivity index (χ1n) is 10.2.